The molecule has 0 bridgehead atoms. The third-order valence-electron chi connectivity index (χ3n) is 14.7. The fourth-order valence-electron chi connectivity index (χ4n) is 10.7. The van der Waals surface area contributed by atoms with E-state index in [0.717, 1.165) is 44.5 Å². The van der Waals surface area contributed by atoms with E-state index in [1.807, 2.05) is 206 Å². The number of aromatic nitrogens is 1. The summed E-state index contributed by atoms with van der Waals surface area (Å²) in [6.07, 6.45) is 0.627. The molecule has 83 heavy (non-hydrogen) atoms. The molecule has 0 saturated carbocycles. The van der Waals surface area contributed by atoms with Crippen LogP contribution in [-0.2, 0) is 44.6 Å². The van der Waals surface area contributed by atoms with Crippen molar-refractivity contribution in [3.05, 3.63) is 320 Å². The van der Waals surface area contributed by atoms with Gasteiger partial charge in [0.25, 0.3) is 11.8 Å². The highest BCUT2D eigenvalue weighted by Gasteiger charge is 2.55. The Morgan fingerprint density at radius 1 is 0.651 bits per heavy atom. The van der Waals surface area contributed by atoms with E-state index in [9.17, 15) is 14.4 Å². The third-order valence-corrected chi connectivity index (χ3v) is 17.9. The fourth-order valence-corrected chi connectivity index (χ4v) is 13.9. The molecule has 1 aromatic heterocycles. The maximum atomic E-state index is 15.6. The van der Waals surface area contributed by atoms with E-state index in [1.165, 1.54) is 45.8 Å². The summed E-state index contributed by atoms with van der Waals surface area (Å²) in [6.45, 7) is 0.119. The first-order valence-corrected chi connectivity index (χ1v) is 29.8. The van der Waals surface area contributed by atoms with Gasteiger partial charge in [0.1, 0.15) is 35.0 Å². The van der Waals surface area contributed by atoms with Crippen molar-refractivity contribution in [2.24, 2.45) is 5.16 Å². The molecule has 4 heterocycles. The summed E-state index contributed by atoms with van der Waals surface area (Å²) in [6, 6.07) is 77.2. The van der Waals surface area contributed by atoms with Crippen LogP contribution in [0.5, 0.6) is 0 Å². The standard InChI is InChI=1S/C68H53N5O7S3/c74-57-41-55(42-78-57)81-43-48-44-82-64-59(63(76)73(64)60(48)65(77)79-61(46-25-9-1-10-26-46)47-27-11-2-12-28-47)70-62(75)58(72-80-68(52-35-19-6-20-36-52,53-37-21-7-22-38-53)54-39-23-8-24-40-54)56-45-83-66(69-56)71-67(49-29-13-3-14-30-49,50-31-15-4-16-32-50)51-33-17-5-18-34-51/h1-41,45,59,61,64H,42-44H2,(H,69,71)(H,70,75)/b72-58-/t59-,64+/m1/s1. The number of hydrogen-bond donors (Lipinski definition) is 2. The van der Waals surface area contributed by atoms with E-state index in [4.69, 9.17) is 24.5 Å². The molecule has 410 valence electrons. The zero-order valence-corrected chi connectivity index (χ0v) is 47.0. The lowest BCUT2D eigenvalue weighted by Crippen LogP contribution is -2.71. The number of oxime groups is 1. The fraction of sp³-hybridized carbons (Fsp3) is 0.118. The highest BCUT2D eigenvalue weighted by molar-refractivity contribution is 8.03. The van der Waals surface area contributed by atoms with Gasteiger partial charge in [0.15, 0.2) is 16.9 Å². The number of esters is 2. The van der Waals surface area contributed by atoms with Gasteiger partial charge >= 0.3 is 11.9 Å². The number of fused-ring (bicyclic) bond motifs is 1. The summed E-state index contributed by atoms with van der Waals surface area (Å²) in [4.78, 5) is 71.9. The molecule has 3 aliphatic heterocycles. The van der Waals surface area contributed by atoms with Crippen LogP contribution in [0, 0.1) is 0 Å². The number of carbonyl (C=O) groups is 4. The van der Waals surface area contributed by atoms with Gasteiger partial charge in [0.2, 0.25) is 5.60 Å². The molecule has 15 heteroatoms. The van der Waals surface area contributed by atoms with Crippen molar-refractivity contribution in [2.75, 3.05) is 23.4 Å². The smallest absolute Gasteiger partial charge is 0.356 e. The van der Waals surface area contributed by atoms with Crippen LogP contribution in [0.25, 0.3) is 0 Å². The lowest BCUT2D eigenvalue weighted by Gasteiger charge is -2.49. The molecule has 0 radical (unpaired) electrons. The van der Waals surface area contributed by atoms with Crippen molar-refractivity contribution >= 4 is 69.5 Å². The molecule has 2 atom stereocenters. The van der Waals surface area contributed by atoms with Gasteiger partial charge in [-0.15, -0.1) is 34.9 Å². The van der Waals surface area contributed by atoms with Crippen LogP contribution >= 0.6 is 34.9 Å². The Labute approximate surface area is 492 Å². The number of hydrogen-bond acceptors (Lipinski definition) is 13. The second-order valence-electron chi connectivity index (χ2n) is 19.7. The highest BCUT2D eigenvalue weighted by Crippen LogP contribution is 2.45. The lowest BCUT2D eigenvalue weighted by atomic mass is 9.77. The van der Waals surface area contributed by atoms with Crippen LogP contribution in [0.15, 0.2) is 275 Å². The second kappa shape index (κ2) is 24.4. The predicted molar refractivity (Wildman–Crippen MR) is 326 cm³/mol. The van der Waals surface area contributed by atoms with Gasteiger partial charge in [-0.25, -0.2) is 14.6 Å². The average Bonchev–Trinajstić information content (AvgIpc) is 4.15. The van der Waals surface area contributed by atoms with Gasteiger partial charge in [0.05, 0.1) is 0 Å². The zero-order valence-electron chi connectivity index (χ0n) is 44.5. The Balaban J connectivity index is 0.931. The molecule has 0 unspecified atom stereocenters. The summed E-state index contributed by atoms with van der Waals surface area (Å²) in [7, 11) is 0. The van der Waals surface area contributed by atoms with Crippen LogP contribution in [0.4, 0.5) is 5.13 Å². The van der Waals surface area contributed by atoms with Gasteiger partial charge in [-0.1, -0.05) is 248 Å². The molecule has 1 saturated heterocycles. The largest absolute Gasteiger partial charge is 0.457 e. The Morgan fingerprint density at radius 3 is 1.57 bits per heavy atom. The number of ether oxygens (including phenoxy) is 2. The number of cyclic esters (lactones) is 1. The van der Waals surface area contributed by atoms with Gasteiger partial charge in [0, 0.05) is 44.6 Å². The first kappa shape index (κ1) is 54.3. The Bertz CT molecular complexity index is 3620. The molecule has 2 amide bonds. The topological polar surface area (TPSA) is 149 Å². The second-order valence-corrected chi connectivity index (χ2v) is 22.8. The van der Waals surface area contributed by atoms with Crippen molar-refractivity contribution in [2.45, 2.75) is 28.7 Å². The number of rotatable bonds is 20. The zero-order chi connectivity index (χ0) is 56.6. The van der Waals surface area contributed by atoms with Crippen molar-refractivity contribution in [1.82, 2.24) is 15.2 Å². The van der Waals surface area contributed by atoms with Gasteiger partial charge < -0.3 is 24.9 Å². The van der Waals surface area contributed by atoms with E-state index >= 15 is 4.79 Å². The normalized spacial score (nSPS) is 16.1. The number of β-lactam (4-membered cyclic amide) rings is 1. The van der Waals surface area contributed by atoms with Crippen molar-refractivity contribution in [1.29, 1.82) is 0 Å². The molecule has 1 fully saturated rings. The SMILES string of the molecule is O=C1C=C(SCC2=C(C(=O)OC(c3ccccc3)c3ccccc3)N3C(=O)[C@@H](NC(=O)/C(=N\OC(c4ccccc4)(c4ccccc4)c4ccccc4)c4csc(NC(c5ccccc5)(c5ccccc5)c5ccccc5)n4)[C@@H]3SC2)CO1. The molecule has 2 N–H and O–H groups in total. The van der Waals surface area contributed by atoms with Crippen molar-refractivity contribution in [3.63, 3.8) is 0 Å². The lowest BCUT2D eigenvalue weighted by molar-refractivity contribution is -0.154. The van der Waals surface area contributed by atoms with E-state index in [-0.39, 0.29) is 29.5 Å². The molecule has 8 aromatic carbocycles. The van der Waals surface area contributed by atoms with Gasteiger partial charge in [-0.2, -0.15) is 0 Å². The molecular formula is C68H53N5O7S3. The Morgan fingerprint density at radius 2 is 1.11 bits per heavy atom. The number of thioether (sulfide) groups is 2. The minimum absolute atomic E-state index is 0.0870. The molecule has 12 rings (SSSR count). The summed E-state index contributed by atoms with van der Waals surface area (Å²) in [5.41, 5.74) is 4.94. The van der Waals surface area contributed by atoms with Crippen molar-refractivity contribution < 1.29 is 33.5 Å². The van der Waals surface area contributed by atoms with Gasteiger partial charge in [-0.3, -0.25) is 14.5 Å². The molecular weight excluding hydrogens is 1090 g/mol. The molecule has 0 aliphatic carbocycles. The van der Waals surface area contributed by atoms with Crippen LogP contribution < -0.4 is 10.6 Å². The van der Waals surface area contributed by atoms with Crippen LogP contribution in [-0.4, -0.2) is 68.9 Å². The molecule has 0 spiro atoms. The van der Waals surface area contributed by atoms with Crippen LogP contribution in [0.1, 0.15) is 56.3 Å². The number of thiazole rings is 1. The van der Waals surface area contributed by atoms with E-state index in [2.05, 4.69) is 47.0 Å². The number of nitrogens with one attached hydrogen (secondary N) is 2. The monoisotopic (exact) mass is 1150 g/mol. The van der Waals surface area contributed by atoms with E-state index < -0.39 is 52.4 Å². The Hall–Kier alpha value is -9.28. The summed E-state index contributed by atoms with van der Waals surface area (Å²) in [5.74, 6) is -1.81. The minimum Gasteiger partial charge on any atom is -0.457 e. The highest BCUT2D eigenvalue weighted by atomic mass is 32.2. The van der Waals surface area contributed by atoms with E-state index in [0.29, 0.717) is 21.4 Å². The number of carbonyl (C=O) groups excluding carboxylic acids is 4. The first-order valence-electron chi connectivity index (χ1n) is 26.9. The minimum atomic E-state index is -1.39. The Kier molecular flexibility index (Phi) is 16.0. The summed E-state index contributed by atoms with van der Waals surface area (Å²) < 4.78 is 11.6. The van der Waals surface area contributed by atoms with Crippen LogP contribution in [0.3, 0.4) is 0 Å². The quantitative estimate of drug-likeness (QED) is 0.0247. The van der Waals surface area contributed by atoms with Crippen molar-refractivity contribution in [3.8, 4) is 0 Å². The maximum absolute atomic E-state index is 15.6. The molecule has 3 aliphatic rings. The van der Waals surface area contributed by atoms with E-state index in [1.54, 1.807) is 5.38 Å². The average molecular weight is 1150 g/mol. The summed E-state index contributed by atoms with van der Waals surface area (Å²) >= 11 is 4.07. The number of amides is 2. The first-order chi connectivity index (χ1) is 40.8. The maximum Gasteiger partial charge on any atom is 0.356 e. The number of benzene rings is 8. The summed E-state index contributed by atoms with van der Waals surface area (Å²) in [5, 5.41) is 13.3. The molecule has 12 nitrogen and oxygen atoms in total. The third kappa shape index (κ3) is 11.0. The number of nitrogens with zero attached hydrogens (tertiary/aromatic N) is 3. The van der Waals surface area contributed by atoms with Gasteiger partial charge in [-0.05, 0) is 33.4 Å². The van der Waals surface area contributed by atoms with Crippen LogP contribution in [0.2, 0.25) is 0 Å². The number of anilines is 1. The predicted octanol–water partition coefficient (Wildman–Crippen LogP) is 12.4. The molecule has 9 aromatic rings.